The number of allylic oxidation sites excluding steroid dienone is 1. The Bertz CT molecular complexity index is 2070. The van der Waals surface area contributed by atoms with Gasteiger partial charge in [0.2, 0.25) is 0 Å². The zero-order valence-corrected chi connectivity index (χ0v) is 25.1. The highest BCUT2D eigenvalue weighted by Crippen LogP contribution is 2.40. The predicted octanol–water partition coefficient (Wildman–Crippen LogP) is 11.1. The third kappa shape index (κ3) is 5.28. The lowest BCUT2D eigenvalue weighted by Crippen LogP contribution is -2.00. The molecule has 0 amide bonds. The Morgan fingerprint density at radius 2 is 1.09 bits per heavy atom. The number of thiophene rings is 1. The van der Waals surface area contributed by atoms with E-state index in [-0.39, 0.29) is 0 Å². The van der Waals surface area contributed by atoms with Crippen molar-refractivity contribution in [2.24, 2.45) is 0 Å². The third-order valence-electron chi connectivity index (χ3n) is 7.65. The number of hydrogen-bond acceptors (Lipinski definition) is 4. The number of hydrogen-bond donors (Lipinski definition) is 0. The van der Waals surface area contributed by atoms with Crippen LogP contribution in [0.25, 0.3) is 78.7 Å². The van der Waals surface area contributed by atoms with Gasteiger partial charge in [0.15, 0.2) is 17.5 Å². The van der Waals surface area contributed by atoms with Crippen molar-refractivity contribution >= 4 is 33.6 Å². The molecule has 0 unspecified atom stereocenters. The molecular weight excluding hydrogens is 555 g/mol. The molecule has 7 aromatic rings. The molecule has 0 atom stereocenters. The summed E-state index contributed by atoms with van der Waals surface area (Å²) in [5.74, 6) is 1.96. The molecule has 2 aromatic heterocycles. The first-order valence-corrected chi connectivity index (χ1v) is 15.4. The minimum atomic E-state index is 0.649. The zero-order chi connectivity index (χ0) is 29.9. The molecule has 0 N–H and O–H groups in total. The standard InChI is InChI=1S/C40H29N3S/c1-3-13-36-33(4-2)35-21-12-20-34(37(35)44-36)28-24-22-27(23-25-28)31-18-11-19-32(26-31)40-42-38(29-14-7-5-8-15-29)41-39(43-40)30-16-9-6-10-17-30/h3-26H,2H2,1H3/b13-3-. The molecule has 0 aliphatic rings. The van der Waals surface area contributed by atoms with Crippen molar-refractivity contribution in [3.8, 4) is 56.4 Å². The van der Waals surface area contributed by atoms with Gasteiger partial charge in [-0.2, -0.15) is 0 Å². The van der Waals surface area contributed by atoms with E-state index in [1.54, 1.807) is 0 Å². The van der Waals surface area contributed by atoms with Crippen molar-refractivity contribution in [2.45, 2.75) is 6.92 Å². The van der Waals surface area contributed by atoms with Gasteiger partial charge in [0, 0.05) is 31.7 Å². The van der Waals surface area contributed by atoms with Crippen LogP contribution in [0.3, 0.4) is 0 Å². The Hall–Kier alpha value is -5.45. The molecule has 3 nitrogen and oxygen atoms in total. The van der Waals surface area contributed by atoms with Gasteiger partial charge in [-0.3, -0.25) is 0 Å². The van der Waals surface area contributed by atoms with Crippen LogP contribution in [-0.4, -0.2) is 15.0 Å². The molecule has 0 aliphatic carbocycles. The van der Waals surface area contributed by atoms with Crippen molar-refractivity contribution in [3.05, 3.63) is 150 Å². The van der Waals surface area contributed by atoms with E-state index >= 15 is 0 Å². The molecule has 44 heavy (non-hydrogen) atoms. The van der Waals surface area contributed by atoms with E-state index in [4.69, 9.17) is 15.0 Å². The second-order valence-corrected chi connectivity index (χ2v) is 11.5. The van der Waals surface area contributed by atoms with E-state index in [0.717, 1.165) is 27.8 Å². The van der Waals surface area contributed by atoms with Gasteiger partial charge in [0.05, 0.1) is 0 Å². The molecule has 0 spiro atoms. The Morgan fingerprint density at radius 1 is 0.545 bits per heavy atom. The summed E-state index contributed by atoms with van der Waals surface area (Å²) in [5.41, 5.74) is 8.72. The van der Waals surface area contributed by atoms with Crippen LogP contribution >= 0.6 is 11.3 Å². The van der Waals surface area contributed by atoms with Gasteiger partial charge in [-0.15, -0.1) is 11.3 Å². The Labute approximate surface area is 261 Å². The van der Waals surface area contributed by atoms with Crippen molar-refractivity contribution in [3.63, 3.8) is 0 Å². The zero-order valence-electron chi connectivity index (χ0n) is 24.3. The molecule has 0 saturated heterocycles. The van der Waals surface area contributed by atoms with E-state index < -0.39 is 0 Å². The second kappa shape index (κ2) is 12.0. The average molecular weight is 584 g/mol. The van der Waals surface area contributed by atoms with Crippen LogP contribution < -0.4 is 0 Å². The highest BCUT2D eigenvalue weighted by atomic mass is 32.1. The second-order valence-electron chi connectivity index (χ2n) is 10.5. The lowest BCUT2D eigenvalue weighted by molar-refractivity contribution is 1.07. The summed E-state index contributed by atoms with van der Waals surface area (Å²) in [5, 5.41) is 1.24. The number of fused-ring (bicyclic) bond motifs is 1. The van der Waals surface area contributed by atoms with Crippen molar-refractivity contribution in [2.75, 3.05) is 0 Å². The van der Waals surface area contributed by atoms with Crippen LogP contribution in [0.2, 0.25) is 0 Å². The van der Waals surface area contributed by atoms with E-state index in [1.165, 1.54) is 31.7 Å². The van der Waals surface area contributed by atoms with Gasteiger partial charge in [0.1, 0.15) is 0 Å². The molecule has 0 fully saturated rings. The first kappa shape index (κ1) is 27.4. The molecule has 210 valence electrons. The van der Waals surface area contributed by atoms with Crippen molar-refractivity contribution in [1.29, 1.82) is 0 Å². The maximum absolute atomic E-state index is 4.91. The SMILES string of the molecule is C=Cc1c(/C=C\C)sc2c(-c3ccc(-c4cccc(-c5nc(-c6ccccc6)nc(-c6ccccc6)n5)c4)cc3)cccc12. The van der Waals surface area contributed by atoms with Crippen LogP contribution in [0, 0.1) is 0 Å². The topological polar surface area (TPSA) is 38.7 Å². The average Bonchev–Trinajstić information content (AvgIpc) is 3.46. The number of nitrogens with zero attached hydrogens (tertiary/aromatic N) is 3. The van der Waals surface area contributed by atoms with Gasteiger partial charge >= 0.3 is 0 Å². The van der Waals surface area contributed by atoms with Gasteiger partial charge in [-0.1, -0.05) is 140 Å². The molecule has 5 aromatic carbocycles. The van der Waals surface area contributed by atoms with E-state index in [9.17, 15) is 0 Å². The summed E-state index contributed by atoms with van der Waals surface area (Å²) in [6, 6.07) is 43.9. The fraction of sp³-hybridized carbons (Fsp3) is 0.0250. The predicted molar refractivity (Wildman–Crippen MR) is 187 cm³/mol. The van der Waals surface area contributed by atoms with Gasteiger partial charge < -0.3 is 0 Å². The summed E-state index contributed by atoms with van der Waals surface area (Å²) in [6.07, 6.45) is 6.22. The fourth-order valence-electron chi connectivity index (χ4n) is 5.49. The lowest BCUT2D eigenvalue weighted by atomic mass is 9.98. The summed E-state index contributed by atoms with van der Waals surface area (Å²) < 4.78 is 1.28. The molecule has 7 rings (SSSR count). The Kier molecular flexibility index (Phi) is 7.49. The normalized spacial score (nSPS) is 11.3. The third-order valence-corrected chi connectivity index (χ3v) is 8.87. The van der Waals surface area contributed by atoms with Crippen molar-refractivity contribution in [1.82, 2.24) is 15.0 Å². The monoisotopic (exact) mass is 583 g/mol. The van der Waals surface area contributed by atoms with Crippen LogP contribution in [-0.2, 0) is 0 Å². The maximum atomic E-state index is 4.91. The number of rotatable bonds is 7. The summed E-state index contributed by atoms with van der Waals surface area (Å²) in [4.78, 5) is 15.9. The van der Waals surface area contributed by atoms with Crippen LogP contribution in [0.4, 0.5) is 0 Å². The van der Waals surface area contributed by atoms with Gasteiger partial charge in [-0.05, 0) is 46.9 Å². The fourth-order valence-corrected chi connectivity index (χ4v) is 6.80. The molecule has 0 saturated carbocycles. The summed E-state index contributed by atoms with van der Waals surface area (Å²) >= 11 is 1.82. The molecule has 4 heteroatoms. The van der Waals surface area contributed by atoms with E-state index in [2.05, 4.69) is 92.4 Å². The molecule has 0 aliphatic heterocycles. The maximum Gasteiger partial charge on any atom is 0.164 e. The summed E-state index contributed by atoms with van der Waals surface area (Å²) in [6.45, 7) is 6.13. The quantitative estimate of drug-likeness (QED) is 0.187. The Morgan fingerprint density at radius 3 is 1.70 bits per heavy atom. The van der Waals surface area contributed by atoms with Gasteiger partial charge in [0.25, 0.3) is 0 Å². The van der Waals surface area contributed by atoms with E-state index in [1.807, 2.05) is 78.1 Å². The summed E-state index contributed by atoms with van der Waals surface area (Å²) in [7, 11) is 0. The van der Waals surface area contributed by atoms with Gasteiger partial charge in [-0.25, -0.2) is 15.0 Å². The highest BCUT2D eigenvalue weighted by Gasteiger charge is 2.14. The van der Waals surface area contributed by atoms with Crippen molar-refractivity contribution < 1.29 is 0 Å². The molecule has 0 radical (unpaired) electrons. The number of benzene rings is 5. The van der Waals surface area contributed by atoms with Crippen LogP contribution in [0.15, 0.2) is 140 Å². The largest absolute Gasteiger partial charge is 0.208 e. The van der Waals surface area contributed by atoms with Crippen LogP contribution in [0.1, 0.15) is 17.4 Å². The Balaban J connectivity index is 1.26. The molecular formula is C40H29N3S. The minimum absolute atomic E-state index is 0.649. The van der Waals surface area contributed by atoms with E-state index in [0.29, 0.717) is 17.5 Å². The molecule has 0 bridgehead atoms. The smallest absolute Gasteiger partial charge is 0.164 e. The minimum Gasteiger partial charge on any atom is -0.208 e. The first-order chi connectivity index (χ1) is 21.7. The van der Waals surface area contributed by atoms with Crippen LogP contribution in [0.5, 0.6) is 0 Å². The molecule has 2 heterocycles. The highest BCUT2D eigenvalue weighted by molar-refractivity contribution is 7.20. The lowest BCUT2D eigenvalue weighted by Gasteiger charge is -2.10. The first-order valence-electron chi connectivity index (χ1n) is 14.6. The number of aromatic nitrogens is 3.